The summed E-state index contributed by atoms with van der Waals surface area (Å²) < 4.78 is 44.6. The molecule has 0 saturated carbocycles. The Bertz CT molecular complexity index is 607. The second-order valence-electron chi connectivity index (χ2n) is 3.37. The third-order valence-corrected chi connectivity index (χ3v) is 3.82. The zero-order valence-electron chi connectivity index (χ0n) is 8.34. The van der Waals surface area contributed by atoms with Crippen molar-refractivity contribution in [1.82, 2.24) is 0 Å². The number of primary sulfonamides is 1. The minimum Gasteiger partial charge on any atom is -0.229 e. The Kier molecular flexibility index (Phi) is 3.63. The maximum absolute atomic E-state index is 11.2. The molecular formula is C8H10ClNO4S2. The predicted octanol–water partition coefficient (Wildman–Crippen LogP) is 0.532. The quantitative estimate of drug-likeness (QED) is 0.875. The van der Waals surface area contributed by atoms with Crippen molar-refractivity contribution in [1.29, 1.82) is 0 Å². The van der Waals surface area contributed by atoms with E-state index in [1.54, 1.807) is 0 Å². The molecule has 8 heteroatoms. The minimum absolute atomic E-state index is 0.120. The van der Waals surface area contributed by atoms with E-state index < -0.39 is 25.6 Å². The Morgan fingerprint density at radius 1 is 1.25 bits per heavy atom. The number of hydrogen-bond acceptors (Lipinski definition) is 4. The van der Waals surface area contributed by atoms with Crippen LogP contribution >= 0.6 is 11.6 Å². The van der Waals surface area contributed by atoms with Crippen LogP contribution in [0.15, 0.2) is 23.1 Å². The van der Waals surface area contributed by atoms with Crippen LogP contribution in [0, 0.1) is 0 Å². The number of rotatable bonds is 3. The molecule has 0 heterocycles. The Morgan fingerprint density at radius 2 is 1.81 bits per heavy atom. The van der Waals surface area contributed by atoms with Gasteiger partial charge in [0.1, 0.15) is 0 Å². The van der Waals surface area contributed by atoms with Crippen molar-refractivity contribution < 1.29 is 16.8 Å². The van der Waals surface area contributed by atoms with Gasteiger partial charge in [-0.15, -0.1) is 0 Å². The molecule has 16 heavy (non-hydrogen) atoms. The molecule has 0 aromatic heterocycles. The van der Waals surface area contributed by atoms with Crippen LogP contribution in [-0.4, -0.2) is 23.1 Å². The Morgan fingerprint density at radius 3 is 2.25 bits per heavy atom. The van der Waals surface area contributed by atoms with Gasteiger partial charge in [-0.25, -0.2) is 22.0 Å². The first-order valence-corrected chi connectivity index (χ1v) is 8.07. The second kappa shape index (κ2) is 4.33. The fourth-order valence-electron chi connectivity index (χ4n) is 1.19. The Labute approximate surface area is 99.2 Å². The summed E-state index contributed by atoms with van der Waals surface area (Å²) in [6.07, 6.45) is 1.01. The highest BCUT2D eigenvalue weighted by Gasteiger charge is 2.17. The van der Waals surface area contributed by atoms with Crippen molar-refractivity contribution in [2.24, 2.45) is 5.14 Å². The first-order valence-electron chi connectivity index (χ1n) is 4.08. The Balaban J connectivity index is 3.41. The highest BCUT2D eigenvalue weighted by Crippen LogP contribution is 2.21. The molecule has 0 atom stereocenters. The SMILES string of the molecule is CS(=O)(=O)Cc1ccc(Cl)cc1S(N)(=O)=O. The summed E-state index contributed by atoms with van der Waals surface area (Å²) in [6, 6.07) is 3.89. The number of benzene rings is 1. The van der Waals surface area contributed by atoms with Gasteiger partial charge in [0.2, 0.25) is 10.0 Å². The molecular weight excluding hydrogens is 274 g/mol. The van der Waals surface area contributed by atoms with Gasteiger partial charge in [-0.2, -0.15) is 0 Å². The van der Waals surface area contributed by atoms with Gasteiger partial charge in [0, 0.05) is 11.3 Å². The molecule has 0 spiro atoms. The van der Waals surface area contributed by atoms with E-state index in [1.807, 2.05) is 0 Å². The monoisotopic (exact) mass is 283 g/mol. The van der Waals surface area contributed by atoms with Crippen LogP contribution in [0.4, 0.5) is 0 Å². The lowest BCUT2D eigenvalue weighted by atomic mass is 10.2. The fourth-order valence-corrected chi connectivity index (χ4v) is 3.14. The van der Waals surface area contributed by atoms with Gasteiger partial charge in [-0.1, -0.05) is 17.7 Å². The highest BCUT2D eigenvalue weighted by atomic mass is 35.5. The van der Waals surface area contributed by atoms with E-state index in [4.69, 9.17) is 16.7 Å². The van der Waals surface area contributed by atoms with Gasteiger partial charge in [-0.05, 0) is 17.7 Å². The number of hydrogen-bond donors (Lipinski definition) is 1. The maximum atomic E-state index is 11.2. The fraction of sp³-hybridized carbons (Fsp3) is 0.250. The van der Waals surface area contributed by atoms with Crippen molar-refractivity contribution in [3.63, 3.8) is 0 Å². The van der Waals surface area contributed by atoms with E-state index in [1.165, 1.54) is 12.1 Å². The molecule has 1 aromatic carbocycles. The molecule has 0 fully saturated rings. The van der Waals surface area contributed by atoms with Crippen molar-refractivity contribution in [3.05, 3.63) is 28.8 Å². The minimum atomic E-state index is -3.98. The van der Waals surface area contributed by atoms with Crippen molar-refractivity contribution in [2.45, 2.75) is 10.6 Å². The largest absolute Gasteiger partial charge is 0.238 e. The van der Waals surface area contributed by atoms with E-state index in [2.05, 4.69) is 0 Å². The lowest BCUT2D eigenvalue weighted by molar-refractivity contribution is 0.596. The topological polar surface area (TPSA) is 94.3 Å². The molecule has 1 rings (SSSR count). The smallest absolute Gasteiger partial charge is 0.229 e. The highest BCUT2D eigenvalue weighted by molar-refractivity contribution is 7.90. The number of sulfonamides is 1. The van der Waals surface area contributed by atoms with Crippen LogP contribution in [0.25, 0.3) is 0 Å². The summed E-state index contributed by atoms with van der Waals surface area (Å²) >= 11 is 5.62. The van der Waals surface area contributed by atoms with E-state index >= 15 is 0 Å². The first-order chi connectivity index (χ1) is 7.09. The molecule has 0 unspecified atom stereocenters. The standard InChI is InChI=1S/C8H10ClNO4S2/c1-15(11,12)5-6-2-3-7(9)4-8(6)16(10,13)14/h2-4H,5H2,1H3,(H2,10,13,14). The van der Waals surface area contributed by atoms with Crippen molar-refractivity contribution >= 4 is 31.5 Å². The zero-order valence-corrected chi connectivity index (χ0v) is 10.7. The molecule has 0 aliphatic rings. The van der Waals surface area contributed by atoms with Gasteiger partial charge in [0.25, 0.3) is 0 Å². The summed E-state index contributed by atoms with van der Waals surface area (Å²) in [5.41, 5.74) is 0.120. The Hall–Kier alpha value is -0.630. The lowest BCUT2D eigenvalue weighted by Gasteiger charge is -2.06. The summed E-state index contributed by atoms with van der Waals surface area (Å²) in [5.74, 6) is -0.393. The van der Waals surface area contributed by atoms with Crippen molar-refractivity contribution in [3.8, 4) is 0 Å². The predicted molar refractivity (Wildman–Crippen MR) is 61.4 cm³/mol. The molecule has 0 aliphatic carbocycles. The molecule has 90 valence electrons. The second-order valence-corrected chi connectivity index (χ2v) is 7.47. The van der Waals surface area contributed by atoms with Crippen molar-refractivity contribution in [2.75, 3.05) is 6.26 Å². The third-order valence-electron chi connectivity index (χ3n) is 1.75. The van der Waals surface area contributed by atoms with Gasteiger partial charge in [-0.3, -0.25) is 0 Å². The normalized spacial score (nSPS) is 12.7. The summed E-state index contributed by atoms with van der Waals surface area (Å²) in [4.78, 5) is -0.259. The van der Waals surface area contributed by atoms with Gasteiger partial charge >= 0.3 is 0 Å². The van der Waals surface area contributed by atoms with Gasteiger partial charge < -0.3 is 0 Å². The summed E-state index contributed by atoms with van der Waals surface area (Å²) in [6.45, 7) is 0. The van der Waals surface area contributed by atoms with Gasteiger partial charge in [0.05, 0.1) is 10.6 Å². The molecule has 2 N–H and O–H groups in total. The van der Waals surface area contributed by atoms with Crippen LogP contribution < -0.4 is 5.14 Å². The first kappa shape index (κ1) is 13.4. The van der Waals surface area contributed by atoms with Crippen LogP contribution in [0.2, 0.25) is 5.02 Å². The summed E-state index contributed by atoms with van der Waals surface area (Å²) in [5, 5.41) is 5.15. The van der Waals surface area contributed by atoms with Crippen LogP contribution in [-0.2, 0) is 25.6 Å². The van der Waals surface area contributed by atoms with Crippen LogP contribution in [0.5, 0.6) is 0 Å². The molecule has 0 bridgehead atoms. The molecule has 5 nitrogen and oxygen atoms in total. The molecule has 0 radical (unpaired) electrons. The average molecular weight is 284 g/mol. The molecule has 0 amide bonds. The van der Waals surface area contributed by atoms with E-state index in [0.717, 1.165) is 12.3 Å². The van der Waals surface area contributed by atoms with E-state index in [9.17, 15) is 16.8 Å². The number of nitrogens with two attached hydrogens (primary N) is 1. The van der Waals surface area contributed by atoms with E-state index in [0.29, 0.717) is 0 Å². The van der Waals surface area contributed by atoms with Crippen LogP contribution in [0.1, 0.15) is 5.56 Å². The summed E-state index contributed by atoms with van der Waals surface area (Å²) in [7, 11) is -7.31. The molecule has 0 saturated heterocycles. The van der Waals surface area contributed by atoms with E-state index in [-0.39, 0.29) is 15.5 Å². The van der Waals surface area contributed by atoms with Gasteiger partial charge in [0.15, 0.2) is 9.84 Å². The molecule has 1 aromatic rings. The molecule has 0 aliphatic heterocycles. The average Bonchev–Trinajstić information content (AvgIpc) is 2.04. The lowest BCUT2D eigenvalue weighted by Crippen LogP contribution is -2.16. The zero-order chi connectivity index (χ0) is 12.6. The van der Waals surface area contributed by atoms with Crippen LogP contribution in [0.3, 0.4) is 0 Å². The third kappa shape index (κ3) is 3.75. The number of halogens is 1. The number of sulfone groups is 1. The maximum Gasteiger partial charge on any atom is 0.238 e.